The van der Waals surface area contributed by atoms with Gasteiger partial charge in [-0.05, 0) is 37.6 Å². The van der Waals surface area contributed by atoms with Crippen molar-refractivity contribution >= 4 is 0 Å². The van der Waals surface area contributed by atoms with Crippen molar-refractivity contribution in [1.29, 1.82) is 0 Å². The van der Waals surface area contributed by atoms with Crippen molar-refractivity contribution in [3.8, 4) is 11.6 Å². The topological polar surface area (TPSA) is 48.1 Å². The van der Waals surface area contributed by atoms with Crippen molar-refractivity contribution in [2.75, 3.05) is 0 Å². The van der Waals surface area contributed by atoms with Crippen LogP contribution in [0.1, 0.15) is 16.8 Å². The summed E-state index contributed by atoms with van der Waals surface area (Å²) in [5.41, 5.74) is 8.29. The lowest BCUT2D eigenvalue weighted by atomic mass is 10.1. The van der Waals surface area contributed by atoms with Gasteiger partial charge >= 0.3 is 0 Å². The van der Waals surface area contributed by atoms with Crippen molar-refractivity contribution in [1.82, 2.24) is 4.98 Å². The number of rotatable bonds is 3. The van der Waals surface area contributed by atoms with Crippen molar-refractivity contribution in [2.24, 2.45) is 5.73 Å². The predicted octanol–water partition coefficient (Wildman–Crippen LogP) is 3.09. The van der Waals surface area contributed by atoms with Crippen LogP contribution in [0.2, 0.25) is 0 Å². The van der Waals surface area contributed by atoms with E-state index in [4.69, 9.17) is 10.5 Å². The van der Waals surface area contributed by atoms with Gasteiger partial charge in [0.2, 0.25) is 5.88 Å². The second kappa shape index (κ2) is 5.14. The van der Waals surface area contributed by atoms with Crippen LogP contribution in [0.5, 0.6) is 11.6 Å². The molecule has 4 heteroatoms. The first-order valence-corrected chi connectivity index (χ1v) is 5.71. The second-order valence-corrected chi connectivity index (χ2v) is 4.10. The van der Waals surface area contributed by atoms with Crippen LogP contribution in [0.4, 0.5) is 4.39 Å². The summed E-state index contributed by atoms with van der Waals surface area (Å²) in [6, 6.07) is 8.16. The van der Waals surface area contributed by atoms with Gasteiger partial charge in [0, 0.05) is 17.8 Å². The van der Waals surface area contributed by atoms with E-state index < -0.39 is 5.82 Å². The summed E-state index contributed by atoms with van der Waals surface area (Å²) in [4.78, 5) is 4.27. The van der Waals surface area contributed by atoms with Gasteiger partial charge in [-0.2, -0.15) is 0 Å². The first kappa shape index (κ1) is 12.5. The predicted molar refractivity (Wildman–Crippen MR) is 68.1 cm³/mol. The van der Waals surface area contributed by atoms with Gasteiger partial charge in [0.05, 0.1) is 0 Å². The monoisotopic (exact) mass is 246 g/mol. The van der Waals surface area contributed by atoms with Gasteiger partial charge in [-0.25, -0.2) is 9.37 Å². The van der Waals surface area contributed by atoms with Gasteiger partial charge in [-0.3, -0.25) is 0 Å². The van der Waals surface area contributed by atoms with E-state index >= 15 is 0 Å². The summed E-state index contributed by atoms with van der Waals surface area (Å²) in [5, 5.41) is 0. The lowest BCUT2D eigenvalue weighted by Crippen LogP contribution is -2.05. The van der Waals surface area contributed by atoms with Crippen LogP contribution in [0.3, 0.4) is 0 Å². The molecular weight excluding hydrogens is 231 g/mol. The number of hydrogen-bond acceptors (Lipinski definition) is 3. The number of hydrogen-bond donors (Lipinski definition) is 1. The van der Waals surface area contributed by atoms with E-state index in [1.165, 1.54) is 6.07 Å². The third kappa shape index (κ3) is 2.49. The molecule has 0 spiro atoms. The quantitative estimate of drug-likeness (QED) is 0.905. The molecule has 2 N–H and O–H groups in total. The highest BCUT2D eigenvalue weighted by Crippen LogP contribution is 2.27. The molecule has 94 valence electrons. The number of benzene rings is 1. The molecule has 0 fully saturated rings. The minimum Gasteiger partial charge on any atom is -0.436 e. The zero-order valence-corrected chi connectivity index (χ0v) is 10.4. The molecule has 0 unspecified atom stereocenters. The van der Waals surface area contributed by atoms with E-state index in [9.17, 15) is 4.39 Å². The average Bonchev–Trinajstić information content (AvgIpc) is 2.31. The Morgan fingerprint density at radius 2 is 2.00 bits per heavy atom. The summed E-state index contributed by atoms with van der Waals surface area (Å²) >= 11 is 0. The number of ether oxygens (including phenoxy) is 1. The molecule has 3 nitrogen and oxygen atoms in total. The molecule has 1 aromatic heterocycles. The van der Waals surface area contributed by atoms with E-state index in [0.717, 1.165) is 16.8 Å². The smallest absolute Gasteiger partial charge is 0.224 e. The fourth-order valence-corrected chi connectivity index (χ4v) is 1.79. The first-order valence-electron chi connectivity index (χ1n) is 5.71. The Balaban J connectivity index is 2.43. The lowest BCUT2D eigenvalue weighted by molar-refractivity contribution is 0.421. The fourth-order valence-electron chi connectivity index (χ4n) is 1.79. The minimum absolute atomic E-state index is 0.157. The molecule has 1 heterocycles. The molecule has 0 saturated heterocycles. The molecule has 0 aliphatic carbocycles. The third-order valence-corrected chi connectivity index (χ3v) is 2.68. The van der Waals surface area contributed by atoms with Gasteiger partial charge in [-0.15, -0.1) is 0 Å². The van der Waals surface area contributed by atoms with Gasteiger partial charge in [-0.1, -0.05) is 12.1 Å². The average molecular weight is 246 g/mol. The van der Waals surface area contributed by atoms with E-state index in [2.05, 4.69) is 4.98 Å². The van der Waals surface area contributed by atoms with Crippen LogP contribution in [-0.2, 0) is 6.54 Å². The molecule has 0 atom stereocenters. The Bertz CT molecular complexity index is 570. The summed E-state index contributed by atoms with van der Waals surface area (Å²) in [6.45, 7) is 4.11. The number of para-hydroxylation sites is 1. The summed E-state index contributed by atoms with van der Waals surface area (Å²) < 4.78 is 19.1. The van der Waals surface area contributed by atoms with Crippen molar-refractivity contribution < 1.29 is 9.13 Å². The summed E-state index contributed by atoms with van der Waals surface area (Å²) in [7, 11) is 0. The Morgan fingerprint density at radius 1 is 1.28 bits per heavy atom. The third-order valence-electron chi connectivity index (χ3n) is 2.68. The van der Waals surface area contributed by atoms with Crippen LogP contribution >= 0.6 is 0 Å². The van der Waals surface area contributed by atoms with Gasteiger partial charge in [0.25, 0.3) is 0 Å². The SMILES string of the molecule is Cc1cc(C)c(CN)c(Oc2ccccc2F)n1. The maximum absolute atomic E-state index is 13.5. The highest BCUT2D eigenvalue weighted by atomic mass is 19.1. The number of aryl methyl sites for hydroxylation is 2. The van der Waals surface area contributed by atoms with Crippen LogP contribution in [0, 0.1) is 19.7 Å². The lowest BCUT2D eigenvalue weighted by Gasteiger charge is -2.12. The maximum atomic E-state index is 13.5. The zero-order chi connectivity index (χ0) is 13.1. The van der Waals surface area contributed by atoms with Gasteiger partial charge in [0.15, 0.2) is 11.6 Å². The molecule has 2 rings (SSSR count). The number of pyridine rings is 1. The van der Waals surface area contributed by atoms with Crippen molar-refractivity contribution in [2.45, 2.75) is 20.4 Å². The molecule has 0 bridgehead atoms. The van der Waals surface area contributed by atoms with Crippen LogP contribution < -0.4 is 10.5 Å². The van der Waals surface area contributed by atoms with E-state index in [-0.39, 0.29) is 5.75 Å². The van der Waals surface area contributed by atoms with Crippen LogP contribution in [0.25, 0.3) is 0 Å². The van der Waals surface area contributed by atoms with Gasteiger partial charge in [0.1, 0.15) is 0 Å². The Kier molecular flexibility index (Phi) is 3.58. The molecule has 1 aromatic carbocycles. The van der Waals surface area contributed by atoms with E-state index in [1.807, 2.05) is 19.9 Å². The van der Waals surface area contributed by atoms with Crippen LogP contribution in [0.15, 0.2) is 30.3 Å². The molecule has 18 heavy (non-hydrogen) atoms. The Hall–Kier alpha value is -1.94. The first-order chi connectivity index (χ1) is 8.61. The van der Waals surface area contributed by atoms with E-state index in [0.29, 0.717) is 12.4 Å². The Labute approximate surface area is 105 Å². The number of halogens is 1. The fraction of sp³-hybridized carbons (Fsp3) is 0.214. The summed E-state index contributed by atoms with van der Waals surface area (Å²) in [5.74, 6) is 0.117. The van der Waals surface area contributed by atoms with Crippen molar-refractivity contribution in [3.63, 3.8) is 0 Å². The largest absolute Gasteiger partial charge is 0.436 e. The highest BCUT2D eigenvalue weighted by Gasteiger charge is 2.11. The number of nitrogens with zero attached hydrogens (tertiary/aromatic N) is 1. The second-order valence-electron chi connectivity index (χ2n) is 4.10. The minimum atomic E-state index is -0.415. The number of aromatic nitrogens is 1. The molecule has 0 aliphatic heterocycles. The maximum Gasteiger partial charge on any atom is 0.224 e. The molecule has 0 radical (unpaired) electrons. The van der Waals surface area contributed by atoms with E-state index in [1.54, 1.807) is 18.2 Å². The van der Waals surface area contributed by atoms with Crippen molar-refractivity contribution in [3.05, 3.63) is 53.0 Å². The molecule has 0 aliphatic rings. The van der Waals surface area contributed by atoms with Gasteiger partial charge < -0.3 is 10.5 Å². The normalized spacial score (nSPS) is 10.4. The molecule has 0 saturated carbocycles. The molecular formula is C14H15FN2O. The molecule has 2 aromatic rings. The standard InChI is InChI=1S/C14H15FN2O/c1-9-7-10(2)17-14(11(9)8-16)18-13-6-4-3-5-12(13)15/h3-7H,8,16H2,1-2H3. The number of nitrogens with two attached hydrogens (primary N) is 1. The highest BCUT2D eigenvalue weighted by molar-refractivity contribution is 5.39. The zero-order valence-electron chi connectivity index (χ0n) is 10.4. The summed E-state index contributed by atoms with van der Waals surface area (Å²) in [6.07, 6.45) is 0. The van der Waals surface area contributed by atoms with Crippen LogP contribution in [-0.4, -0.2) is 4.98 Å². The Morgan fingerprint density at radius 3 is 2.67 bits per heavy atom. The molecule has 0 amide bonds.